The van der Waals surface area contributed by atoms with Crippen molar-refractivity contribution >= 4 is 10.8 Å². The summed E-state index contributed by atoms with van der Waals surface area (Å²) in [7, 11) is 0. The minimum absolute atomic E-state index is 0.332. The van der Waals surface area contributed by atoms with Crippen molar-refractivity contribution in [3.63, 3.8) is 0 Å². The Morgan fingerprint density at radius 1 is 0.941 bits per heavy atom. The van der Waals surface area contributed by atoms with E-state index in [4.69, 9.17) is 9.47 Å². The molecule has 1 aliphatic rings. The molecular formula is C15H12O2. The molecule has 0 radical (unpaired) electrons. The van der Waals surface area contributed by atoms with E-state index in [1.54, 1.807) is 6.26 Å². The molecule has 1 unspecified atom stereocenters. The maximum absolute atomic E-state index is 5.70. The van der Waals surface area contributed by atoms with Crippen LogP contribution in [-0.4, -0.2) is 6.29 Å². The van der Waals surface area contributed by atoms with Crippen LogP contribution in [0.1, 0.15) is 0 Å². The maximum Gasteiger partial charge on any atom is 0.260 e. The van der Waals surface area contributed by atoms with Crippen molar-refractivity contribution in [2.45, 2.75) is 6.29 Å². The highest BCUT2D eigenvalue weighted by Gasteiger charge is 2.07. The first-order valence-corrected chi connectivity index (χ1v) is 5.56. The third-order valence-corrected chi connectivity index (χ3v) is 2.64. The predicted molar refractivity (Wildman–Crippen MR) is 67.7 cm³/mol. The van der Waals surface area contributed by atoms with E-state index in [-0.39, 0.29) is 6.29 Å². The topological polar surface area (TPSA) is 18.5 Å². The maximum atomic E-state index is 5.70. The van der Waals surface area contributed by atoms with Crippen LogP contribution in [0.5, 0.6) is 5.75 Å². The van der Waals surface area contributed by atoms with E-state index in [1.807, 2.05) is 48.6 Å². The standard InChI is InChI=1S/C15H12O2/c1-2-6-13-11-14(9-8-12(13)5-1)17-15-7-3-4-10-16-15/h1-11,15H. The fourth-order valence-electron chi connectivity index (χ4n) is 1.81. The van der Waals surface area contributed by atoms with Crippen molar-refractivity contribution in [2.75, 3.05) is 0 Å². The number of hydrogen-bond donors (Lipinski definition) is 0. The molecule has 2 aromatic carbocycles. The fourth-order valence-corrected chi connectivity index (χ4v) is 1.81. The van der Waals surface area contributed by atoms with Crippen molar-refractivity contribution in [3.8, 4) is 5.75 Å². The van der Waals surface area contributed by atoms with Gasteiger partial charge in [-0.05, 0) is 35.1 Å². The first-order chi connectivity index (χ1) is 8.42. The molecule has 2 heteroatoms. The summed E-state index contributed by atoms with van der Waals surface area (Å²) in [6.07, 6.45) is 6.91. The summed E-state index contributed by atoms with van der Waals surface area (Å²) >= 11 is 0. The molecule has 2 aromatic rings. The first-order valence-electron chi connectivity index (χ1n) is 5.56. The zero-order valence-corrected chi connectivity index (χ0v) is 9.24. The molecule has 17 heavy (non-hydrogen) atoms. The monoisotopic (exact) mass is 224 g/mol. The summed E-state index contributed by atoms with van der Waals surface area (Å²) in [6.45, 7) is 0. The van der Waals surface area contributed by atoms with Gasteiger partial charge in [0, 0.05) is 0 Å². The van der Waals surface area contributed by atoms with Gasteiger partial charge in [-0.3, -0.25) is 0 Å². The fraction of sp³-hybridized carbons (Fsp3) is 0.0667. The van der Waals surface area contributed by atoms with Gasteiger partial charge in [-0.15, -0.1) is 0 Å². The van der Waals surface area contributed by atoms with E-state index >= 15 is 0 Å². The Hall–Kier alpha value is -2.22. The van der Waals surface area contributed by atoms with Gasteiger partial charge >= 0.3 is 0 Å². The average Bonchev–Trinajstić information content (AvgIpc) is 2.40. The SMILES string of the molecule is C1=COC(Oc2ccc3ccccc3c2)C=C1. The molecule has 0 aliphatic carbocycles. The van der Waals surface area contributed by atoms with E-state index < -0.39 is 0 Å². The molecule has 84 valence electrons. The summed E-state index contributed by atoms with van der Waals surface area (Å²) in [5, 5.41) is 2.38. The molecule has 0 aromatic heterocycles. The molecule has 0 amide bonds. The van der Waals surface area contributed by atoms with Crippen LogP contribution < -0.4 is 4.74 Å². The zero-order valence-electron chi connectivity index (χ0n) is 9.24. The van der Waals surface area contributed by atoms with E-state index in [1.165, 1.54) is 10.8 Å². The van der Waals surface area contributed by atoms with Crippen LogP contribution in [0, 0.1) is 0 Å². The van der Waals surface area contributed by atoms with Crippen molar-refractivity contribution in [1.29, 1.82) is 0 Å². The van der Waals surface area contributed by atoms with Crippen LogP contribution in [0.4, 0.5) is 0 Å². The highest BCUT2D eigenvalue weighted by Crippen LogP contribution is 2.22. The van der Waals surface area contributed by atoms with Crippen LogP contribution >= 0.6 is 0 Å². The number of rotatable bonds is 2. The number of ether oxygens (including phenoxy) is 2. The molecule has 0 fully saturated rings. The van der Waals surface area contributed by atoms with Crippen LogP contribution in [0.25, 0.3) is 10.8 Å². The Morgan fingerprint density at radius 3 is 2.65 bits per heavy atom. The Labute approximate surface area is 99.8 Å². The largest absolute Gasteiger partial charge is 0.459 e. The normalized spacial score (nSPS) is 18.0. The molecule has 0 N–H and O–H groups in total. The summed E-state index contributed by atoms with van der Waals surface area (Å²) in [6, 6.07) is 14.2. The van der Waals surface area contributed by atoms with Crippen molar-refractivity contribution in [1.82, 2.24) is 0 Å². The van der Waals surface area contributed by atoms with Gasteiger partial charge in [0.1, 0.15) is 5.75 Å². The molecule has 1 heterocycles. The van der Waals surface area contributed by atoms with Gasteiger partial charge < -0.3 is 9.47 Å². The van der Waals surface area contributed by atoms with Gasteiger partial charge in [-0.25, -0.2) is 0 Å². The van der Waals surface area contributed by atoms with Gasteiger partial charge in [-0.1, -0.05) is 36.4 Å². The number of allylic oxidation sites excluding steroid dienone is 2. The van der Waals surface area contributed by atoms with Gasteiger partial charge in [0.25, 0.3) is 6.29 Å². The average molecular weight is 224 g/mol. The van der Waals surface area contributed by atoms with Crippen molar-refractivity contribution in [2.24, 2.45) is 0 Å². The number of hydrogen-bond acceptors (Lipinski definition) is 2. The summed E-state index contributed by atoms with van der Waals surface area (Å²) in [4.78, 5) is 0. The molecule has 0 saturated carbocycles. The molecule has 2 nitrogen and oxygen atoms in total. The molecule has 0 saturated heterocycles. The van der Waals surface area contributed by atoms with Gasteiger partial charge in [0.2, 0.25) is 0 Å². The Bertz CT molecular complexity index is 584. The lowest BCUT2D eigenvalue weighted by molar-refractivity contribution is 0.00797. The third-order valence-electron chi connectivity index (χ3n) is 2.64. The molecule has 1 atom stereocenters. The second kappa shape index (κ2) is 4.34. The van der Waals surface area contributed by atoms with Crippen molar-refractivity contribution in [3.05, 3.63) is 67.0 Å². The second-order valence-electron chi connectivity index (χ2n) is 3.84. The van der Waals surface area contributed by atoms with Crippen LogP contribution in [0.2, 0.25) is 0 Å². The van der Waals surface area contributed by atoms with Crippen molar-refractivity contribution < 1.29 is 9.47 Å². The summed E-state index contributed by atoms with van der Waals surface area (Å²) in [5.41, 5.74) is 0. The lowest BCUT2D eigenvalue weighted by Gasteiger charge is -2.17. The third kappa shape index (κ3) is 2.16. The van der Waals surface area contributed by atoms with Crippen LogP contribution in [0.3, 0.4) is 0 Å². The van der Waals surface area contributed by atoms with Gasteiger partial charge in [0.15, 0.2) is 0 Å². The minimum Gasteiger partial charge on any atom is -0.459 e. The minimum atomic E-state index is -0.332. The van der Waals surface area contributed by atoms with E-state index in [2.05, 4.69) is 12.1 Å². The Kier molecular flexibility index (Phi) is 2.54. The first kappa shape index (κ1) is 9.97. The number of fused-ring (bicyclic) bond motifs is 1. The smallest absolute Gasteiger partial charge is 0.260 e. The quantitative estimate of drug-likeness (QED) is 0.775. The Morgan fingerprint density at radius 2 is 1.82 bits per heavy atom. The summed E-state index contributed by atoms with van der Waals surface area (Å²) in [5.74, 6) is 0.814. The lowest BCUT2D eigenvalue weighted by Crippen LogP contribution is -2.16. The van der Waals surface area contributed by atoms with Crippen LogP contribution in [-0.2, 0) is 4.74 Å². The van der Waals surface area contributed by atoms with E-state index in [0.29, 0.717) is 0 Å². The molecular weight excluding hydrogens is 212 g/mol. The van der Waals surface area contributed by atoms with Gasteiger partial charge in [-0.2, -0.15) is 0 Å². The van der Waals surface area contributed by atoms with E-state index in [0.717, 1.165) is 5.75 Å². The second-order valence-corrected chi connectivity index (χ2v) is 3.84. The van der Waals surface area contributed by atoms with E-state index in [9.17, 15) is 0 Å². The van der Waals surface area contributed by atoms with Crippen LogP contribution in [0.15, 0.2) is 67.0 Å². The molecule has 0 spiro atoms. The predicted octanol–water partition coefficient (Wildman–Crippen LogP) is 3.64. The summed E-state index contributed by atoms with van der Waals surface area (Å²) < 4.78 is 11.0. The molecule has 1 aliphatic heterocycles. The van der Waals surface area contributed by atoms with Gasteiger partial charge in [0.05, 0.1) is 6.26 Å². The molecule has 0 bridgehead atoms. The highest BCUT2D eigenvalue weighted by atomic mass is 16.7. The molecule has 3 rings (SSSR count). The number of benzene rings is 2. The lowest BCUT2D eigenvalue weighted by atomic mass is 10.1. The Balaban J connectivity index is 1.85. The zero-order chi connectivity index (χ0) is 11.5. The highest BCUT2D eigenvalue weighted by molar-refractivity contribution is 5.83.